The molecule has 0 aliphatic rings. The summed E-state index contributed by atoms with van der Waals surface area (Å²) in [6.45, 7) is 2.36. The summed E-state index contributed by atoms with van der Waals surface area (Å²) in [5.74, 6) is 0.834. The third-order valence-corrected chi connectivity index (χ3v) is 1.90. The second kappa shape index (κ2) is 5.25. The normalized spacial score (nSPS) is 11.8. The summed E-state index contributed by atoms with van der Waals surface area (Å²) in [7, 11) is 0. The number of para-hydroxylation sites is 1. The lowest BCUT2D eigenvalue weighted by Crippen LogP contribution is -2.27. The number of aryl methyl sites for hydroxylation is 1. The second-order valence-corrected chi connectivity index (χ2v) is 3.20. The van der Waals surface area contributed by atoms with Crippen molar-refractivity contribution >= 4 is 0 Å². The molecule has 0 saturated heterocycles. The van der Waals surface area contributed by atoms with Gasteiger partial charge in [-0.15, -0.1) is 0 Å². The minimum atomic E-state index is -0.209. The summed E-state index contributed by atoms with van der Waals surface area (Å²) >= 11 is 0. The lowest BCUT2D eigenvalue weighted by molar-refractivity contribution is 0.288. The van der Waals surface area contributed by atoms with Gasteiger partial charge in [0.2, 0.25) is 0 Å². The molecule has 0 saturated carbocycles. The molecule has 74 valence electrons. The van der Waals surface area contributed by atoms with Crippen molar-refractivity contribution < 1.29 is 4.74 Å². The molecule has 0 spiro atoms. The van der Waals surface area contributed by atoms with Gasteiger partial charge in [0.25, 0.3) is 0 Å². The molecule has 0 aromatic heterocycles. The Kier molecular flexibility index (Phi) is 3.96. The van der Waals surface area contributed by atoms with Gasteiger partial charge in [-0.05, 0) is 18.6 Å². The van der Waals surface area contributed by atoms with Crippen molar-refractivity contribution in [2.24, 2.45) is 5.73 Å². The van der Waals surface area contributed by atoms with E-state index in [0.717, 1.165) is 11.3 Å². The van der Waals surface area contributed by atoms with Gasteiger partial charge in [-0.25, -0.2) is 0 Å². The highest BCUT2D eigenvalue weighted by Gasteiger charge is 2.03. The predicted molar refractivity (Wildman–Crippen MR) is 54.9 cm³/mol. The number of rotatable bonds is 4. The summed E-state index contributed by atoms with van der Waals surface area (Å²) in [5, 5.41) is 8.40. The summed E-state index contributed by atoms with van der Waals surface area (Å²) in [4.78, 5) is 0. The zero-order valence-corrected chi connectivity index (χ0v) is 8.23. The van der Waals surface area contributed by atoms with Crippen molar-refractivity contribution in [2.75, 3.05) is 6.61 Å². The average Bonchev–Trinajstić information content (AvgIpc) is 2.17. The second-order valence-electron chi connectivity index (χ2n) is 3.20. The maximum atomic E-state index is 8.40. The van der Waals surface area contributed by atoms with Crippen molar-refractivity contribution in [3.05, 3.63) is 29.8 Å². The molecule has 0 heterocycles. The van der Waals surface area contributed by atoms with Crippen molar-refractivity contribution in [1.82, 2.24) is 0 Å². The highest BCUT2D eigenvalue weighted by Crippen LogP contribution is 2.16. The molecule has 1 atom stereocenters. The molecule has 1 aromatic carbocycles. The fourth-order valence-electron chi connectivity index (χ4n) is 1.09. The average molecular weight is 190 g/mol. The van der Waals surface area contributed by atoms with E-state index in [-0.39, 0.29) is 6.04 Å². The summed E-state index contributed by atoms with van der Waals surface area (Å²) < 4.78 is 5.48. The molecule has 3 heteroatoms. The number of hydrogen-bond acceptors (Lipinski definition) is 3. The molecular weight excluding hydrogens is 176 g/mol. The molecule has 0 radical (unpaired) electrons. The highest BCUT2D eigenvalue weighted by atomic mass is 16.5. The van der Waals surface area contributed by atoms with Crippen LogP contribution in [0.2, 0.25) is 0 Å². The summed E-state index contributed by atoms with van der Waals surface area (Å²) in [6, 6.07) is 9.55. The number of nitrogens with zero attached hydrogens (tertiary/aromatic N) is 1. The Balaban J connectivity index is 2.46. The van der Waals surface area contributed by atoms with E-state index in [9.17, 15) is 0 Å². The van der Waals surface area contributed by atoms with E-state index in [2.05, 4.69) is 0 Å². The van der Waals surface area contributed by atoms with Crippen LogP contribution in [0.25, 0.3) is 0 Å². The maximum Gasteiger partial charge on any atom is 0.122 e. The van der Waals surface area contributed by atoms with E-state index in [0.29, 0.717) is 13.0 Å². The zero-order chi connectivity index (χ0) is 10.4. The Hall–Kier alpha value is -1.53. The van der Waals surface area contributed by atoms with Gasteiger partial charge >= 0.3 is 0 Å². The Morgan fingerprint density at radius 2 is 2.21 bits per heavy atom. The van der Waals surface area contributed by atoms with Crippen molar-refractivity contribution in [3.63, 3.8) is 0 Å². The highest BCUT2D eigenvalue weighted by molar-refractivity contribution is 5.31. The SMILES string of the molecule is Cc1ccccc1OCC(N)CC#N. The van der Waals surface area contributed by atoms with Crippen LogP contribution < -0.4 is 10.5 Å². The van der Waals surface area contributed by atoms with Crippen LogP contribution in [-0.4, -0.2) is 12.6 Å². The molecule has 0 aliphatic carbocycles. The van der Waals surface area contributed by atoms with E-state index in [1.165, 1.54) is 0 Å². The van der Waals surface area contributed by atoms with E-state index >= 15 is 0 Å². The fourth-order valence-corrected chi connectivity index (χ4v) is 1.09. The van der Waals surface area contributed by atoms with E-state index in [4.69, 9.17) is 15.7 Å². The van der Waals surface area contributed by atoms with Crippen LogP contribution in [0.3, 0.4) is 0 Å². The van der Waals surface area contributed by atoms with Crippen LogP contribution in [0.5, 0.6) is 5.75 Å². The molecule has 1 rings (SSSR count). The third kappa shape index (κ3) is 3.08. The van der Waals surface area contributed by atoms with E-state index in [1.807, 2.05) is 37.3 Å². The molecule has 3 nitrogen and oxygen atoms in total. The minimum Gasteiger partial charge on any atom is -0.492 e. The molecule has 1 aromatic rings. The quantitative estimate of drug-likeness (QED) is 0.784. The van der Waals surface area contributed by atoms with Crippen LogP contribution in [-0.2, 0) is 0 Å². The molecule has 1 unspecified atom stereocenters. The smallest absolute Gasteiger partial charge is 0.122 e. The van der Waals surface area contributed by atoms with Crippen LogP contribution >= 0.6 is 0 Å². The summed E-state index contributed by atoms with van der Waals surface area (Å²) in [5.41, 5.74) is 6.71. The van der Waals surface area contributed by atoms with Crippen molar-refractivity contribution in [3.8, 4) is 11.8 Å². The number of ether oxygens (including phenoxy) is 1. The molecule has 2 N–H and O–H groups in total. The lowest BCUT2D eigenvalue weighted by atomic mass is 10.2. The van der Waals surface area contributed by atoms with Gasteiger partial charge in [0.05, 0.1) is 18.5 Å². The molecule has 0 fully saturated rings. The first-order chi connectivity index (χ1) is 6.74. The summed E-state index contributed by atoms with van der Waals surface area (Å²) in [6.07, 6.45) is 0.325. The largest absolute Gasteiger partial charge is 0.492 e. The Morgan fingerprint density at radius 3 is 2.86 bits per heavy atom. The number of nitrogens with two attached hydrogens (primary N) is 1. The van der Waals surface area contributed by atoms with Crippen LogP contribution in [0.4, 0.5) is 0 Å². The minimum absolute atomic E-state index is 0.209. The number of nitriles is 1. The number of benzene rings is 1. The van der Waals surface area contributed by atoms with Gasteiger partial charge < -0.3 is 10.5 Å². The van der Waals surface area contributed by atoms with Crippen LogP contribution in [0, 0.1) is 18.3 Å². The predicted octanol–water partition coefficient (Wildman–Crippen LogP) is 1.61. The van der Waals surface area contributed by atoms with Gasteiger partial charge in [0.15, 0.2) is 0 Å². The first-order valence-electron chi connectivity index (χ1n) is 4.55. The zero-order valence-electron chi connectivity index (χ0n) is 8.23. The third-order valence-electron chi connectivity index (χ3n) is 1.90. The first-order valence-corrected chi connectivity index (χ1v) is 4.55. The maximum absolute atomic E-state index is 8.40. The molecule has 0 amide bonds. The van der Waals surface area contributed by atoms with E-state index < -0.39 is 0 Å². The topological polar surface area (TPSA) is 59.0 Å². The van der Waals surface area contributed by atoms with Gasteiger partial charge in [-0.3, -0.25) is 0 Å². The lowest BCUT2D eigenvalue weighted by Gasteiger charge is -2.11. The van der Waals surface area contributed by atoms with Gasteiger partial charge in [-0.2, -0.15) is 5.26 Å². The monoisotopic (exact) mass is 190 g/mol. The molecular formula is C11H14N2O. The van der Waals surface area contributed by atoms with Gasteiger partial charge in [0.1, 0.15) is 12.4 Å². The number of hydrogen-bond donors (Lipinski definition) is 1. The van der Waals surface area contributed by atoms with Crippen molar-refractivity contribution in [1.29, 1.82) is 5.26 Å². The van der Waals surface area contributed by atoms with Gasteiger partial charge in [0, 0.05) is 0 Å². The van der Waals surface area contributed by atoms with Crippen LogP contribution in [0.1, 0.15) is 12.0 Å². The van der Waals surface area contributed by atoms with Gasteiger partial charge in [-0.1, -0.05) is 18.2 Å². The fraction of sp³-hybridized carbons (Fsp3) is 0.364. The van der Waals surface area contributed by atoms with Crippen LogP contribution in [0.15, 0.2) is 24.3 Å². The Bertz CT molecular complexity index is 330. The molecule has 0 bridgehead atoms. The molecule has 0 aliphatic heterocycles. The first kappa shape index (κ1) is 10.6. The Labute approximate surface area is 84.1 Å². The van der Waals surface area contributed by atoms with E-state index in [1.54, 1.807) is 0 Å². The Morgan fingerprint density at radius 1 is 1.50 bits per heavy atom. The van der Waals surface area contributed by atoms with Crippen molar-refractivity contribution in [2.45, 2.75) is 19.4 Å². The molecule has 14 heavy (non-hydrogen) atoms. The standard InChI is InChI=1S/C11H14N2O/c1-9-4-2-3-5-11(9)14-8-10(13)6-7-12/h2-5,10H,6,8,13H2,1H3.